The fourth-order valence-electron chi connectivity index (χ4n) is 2.63. The van der Waals surface area contributed by atoms with Gasteiger partial charge in [-0.25, -0.2) is 4.79 Å². The molecular formula is C16H20N2O5. The zero-order valence-corrected chi connectivity index (χ0v) is 12.9. The zero-order valence-electron chi connectivity index (χ0n) is 12.9. The molecule has 0 aliphatic carbocycles. The maximum Gasteiger partial charge on any atom is 0.407 e. The van der Waals surface area contributed by atoms with E-state index in [-0.39, 0.29) is 28.9 Å². The summed E-state index contributed by atoms with van der Waals surface area (Å²) < 4.78 is 0. The largest absolute Gasteiger partial charge is 0.507 e. The van der Waals surface area contributed by atoms with E-state index in [9.17, 15) is 19.5 Å². The number of nitrogens with one attached hydrogen (secondary N) is 1. The standard InChI is InChI=1S/C16H20N2O5/c1-10(19)13-8-12(2-3-14(13)20)15(21)17-9-11-4-6-18(7-5-11)16(22)23/h2-3,8,11,20H,4-7,9H2,1H3,(H,17,21)(H,22,23). The number of piperidine rings is 1. The predicted octanol–water partition coefficient (Wildman–Crippen LogP) is 1.71. The highest BCUT2D eigenvalue weighted by Gasteiger charge is 2.22. The average molecular weight is 320 g/mol. The van der Waals surface area contributed by atoms with Crippen LogP contribution in [0.5, 0.6) is 5.75 Å². The smallest absolute Gasteiger partial charge is 0.407 e. The fraction of sp³-hybridized carbons (Fsp3) is 0.438. The van der Waals surface area contributed by atoms with Crippen LogP contribution in [0.1, 0.15) is 40.5 Å². The number of hydrogen-bond donors (Lipinski definition) is 3. The van der Waals surface area contributed by atoms with E-state index in [2.05, 4.69) is 5.32 Å². The Balaban J connectivity index is 1.89. The summed E-state index contributed by atoms with van der Waals surface area (Å²) in [7, 11) is 0. The van der Waals surface area contributed by atoms with E-state index >= 15 is 0 Å². The van der Waals surface area contributed by atoms with Crippen molar-refractivity contribution in [3.8, 4) is 5.75 Å². The maximum atomic E-state index is 12.1. The van der Waals surface area contributed by atoms with Gasteiger partial charge in [-0.3, -0.25) is 9.59 Å². The van der Waals surface area contributed by atoms with E-state index < -0.39 is 6.09 Å². The van der Waals surface area contributed by atoms with Gasteiger partial charge in [-0.05, 0) is 43.9 Å². The molecule has 1 fully saturated rings. The minimum atomic E-state index is -0.909. The summed E-state index contributed by atoms with van der Waals surface area (Å²) >= 11 is 0. The van der Waals surface area contributed by atoms with Crippen molar-refractivity contribution in [2.45, 2.75) is 19.8 Å². The molecule has 1 saturated heterocycles. The minimum absolute atomic E-state index is 0.118. The third-order valence-corrected chi connectivity index (χ3v) is 4.07. The normalized spacial score (nSPS) is 15.3. The number of hydrogen-bond acceptors (Lipinski definition) is 4. The number of nitrogens with zero attached hydrogens (tertiary/aromatic N) is 1. The Bertz CT molecular complexity index is 621. The second kappa shape index (κ2) is 7.13. The van der Waals surface area contributed by atoms with Crippen LogP contribution in [0.4, 0.5) is 4.79 Å². The summed E-state index contributed by atoms with van der Waals surface area (Å²) in [6.45, 7) is 2.74. The monoisotopic (exact) mass is 320 g/mol. The van der Waals surface area contributed by atoms with Crippen molar-refractivity contribution in [3.63, 3.8) is 0 Å². The molecule has 23 heavy (non-hydrogen) atoms. The zero-order chi connectivity index (χ0) is 17.0. The first kappa shape index (κ1) is 16.8. The summed E-state index contributed by atoms with van der Waals surface area (Å²) in [5, 5.41) is 21.3. The van der Waals surface area contributed by atoms with Crippen LogP contribution >= 0.6 is 0 Å². The third-order valence-electron chi connectivity index (χ3n) is 4.07. The topological polar surface area (TPSA) is 107 Å². The van der Waals surface area contributed by atoms with E-state index in [1.165, 1.54) is 30.0 Å². The van der Waals surface area contributed by atoms with Gasteiger partial charge < -0.3 is 20.4 Å². The molecule has 2 rings (SSSR count). The van der Waals surface area contributed by atoms with Crippen molar-refractivity contribution in [2.24, 2.45) is 5.92 Å². The molecule has 7 heteroatoms. The Morgan fingerprint density at radius 1 is 1.26 bits per heavy atom. The minimum Gasteiger partial charge on any atom is -0.507 e. The van der Waals surface area contributed by atoms with Crippen LogP contribution in [-0.4, -0.2) is 52.5 Å². The number of rotatable bonds is 4. The number of ketones is 1. The Morgan fingerprint density at radius 3 is 2.48 bits per heavy atom. The van der Waals surface area contributed by atoms with Crippen molar-refractivity contribution < 1.29 is 24.6 Å². The molecule has 0 unspecified atom stereocenters. The summed E-state index contributed by atoms with van der Waals surface area (Å²) in [4.78, 5) is 35.7. The van der Waals surface area contributed by atoms with Crippen molar-refractivity contribution in [3.05, 3.63) is 29.3 Å². The molecule has 0 aromatic heterocycles. The second-order valence-electron chi connectivity index (χ2n) is 5.71. The van der Waals surface area contributed by atoms with Gasteiger partial charge in [0.2, 0.25) is 0 Å². The predicted molar refractivity (Wildman–Crippen MR) is 82.8 cm³/mol. The number of carboxylic acid groups (broad SMARTS) is 1. The highest BCUT2D eigenvalue weighted by molar-refractivity contribution is 6.01. The summed E-state index contributed by atoms with van der Waals surface area (Å²) in [5.74, 6) is -0.527. The lowest BCUT2D eigenvalue weighted by atomic mass is 9.97. The molecule has 1 heterocycles. The molecule has 7 nitrogen and oxygen atoms in total. The fourth-order valence-corrected chi connectivity index (χ4v) is 2.63. The summed E-state index contributed by atoms with van der Waals surface area (Å²) in [6, 6.07) is 4.17. The van der Waals surface area contributed by atoms with Crippen LogP contribution < -0.4 is 5.32 Å². The molecule has 1 aliphatic rings. The van der Waals surface area contributed by atoms with E-state index in [4.69, 9.17) is 5.11 Å². The number of phenols is 1. The van der Waals surface area contributed by atoms with Gasteiger partial charge >= 0.3 is 6.09 Å². The first-order chi connectivity index (χ1) is 10.9. The number of aromatic hydroxyl groups is 1. The first-order valence-electron chi connectivity index (χ1n) is 7.48. The highest BCUT2D eigenvalue weighted by Crippen LogP contribution is 2.20. The first-order valence-corrected chi connectivity index (χ1v) is 7.48. The molecule has 1 aromatic rings. The molecule has 0 bridgehead atoms. The van der Waals surface area contributed by atoms with Gasteiger partial charge in [0, 0.05) is 25.2 Å². The maximum absolute atomic E-state index is 12.1. The summed E-state index contributed by atoms with van der Waals surface area (Å²) in [5.41, 5.74) is 0.434. The van der Waals surface area contributed by atoms with Crippen molar-refractivity contribution in [1.82, 2.24) is 10.2 Å². The quantitative estimate of drug-likeness (QED) is 0.732. The van der Waals surface area contributed by atoms with Gasteiger partial charge in [-0.2, -0.15) is 0 Å². The molecule has 0 radical (unpaired) electrons. The lowest BCUT2D eigenvalue weighted by Gasteiger charge is -2.30. The van der Waals surface area contributed by atoms with Gasteiger partial charge in [0.1, 0.15) is 5.75 Å². The Morgan fingerprint density at radius 2 is 1.91 bits per heavy atom. The number of likely N-dealkylation sites (tertiary alicyclic amines) is 1. The van der Waals surface area contributed by atoms with Gasteiger partial charge in [-0.1, -0.05) is 0 Å². The Hall–Kier alpha value is -2.57. The Labute approximate surface area is 133 Å². The van der Waals surface area contributed by atoms with Gasteiger partial charge in [0.25, 0.3) is 5.91 Å². The molecule has 2 amide bonds. The SMILES string of the molecule is CC(=O)c1cc(C(=O)NCC2CCN(C(=O)O)CC2)ccc1O. The van der Waals surface area contributed by atoms with Gasteiger partial charge in [0.05, 0.1) is 5.56 Å². The van der Waals surface area contributed by atoms with E-state index in [0.29, 0.717) is 38.0 Å². The molecule has 3 N–H and O–H groups in total. The second-order valence-corrected chi connectivity index (χ2v) is 5.71. The third kappa shape index (κ3) is 4.21. The Kier molecular flexibility index (Phi) is 5.20. The molecule has 0 atom stereocenters. The van der Waals surface area contributed by atoms with Crippen LogP contribution in [0.25, 0.3) is 0 Å². The van der Waals surface area contributed by atoms with Crippen molar-refractivity contribution in [2.75, 3.05) is 19.6 Å². The number of amides is 2. The van der Waals surface area contributed by atoms with Crippen LogP contribution in [-0.2, 0) is 0 Å². The number of carbonyl (C=O) groups excluding carboxylic acids is 2. The van der Waals surface area contributed by atoms with Gasteiger partial charge in [0.15, 0.2) is 5.78 Å². The molecule has 124 valence electrons. The van der Waals surface area contributed by atoms with Crippen molar-refractivity contribution >= 4 is 17.8 Å². The number of phenolic OH excluding ortho intramolecular Hbond substituents is 1. The van der Waals surface area contributed by atoms with Crippen molar-refractivity contribution in [1.29, 1.82) is 0 Å². The lowest BCUT2D eigenvalue weighted by molar-refractivity contribution is 0.0928. The van der Waals surface area contributed by atoms with Crippen LogP contribution in [0.15, 0.2) is 18.2 Å². The molecule has 0 saturated carbocycles. The molecule has 1 aromatic carbocycles. The van der Waals surface area contributed by atoms with E-state index in [1.54, 1.807) is 0 Å². The van der Waals surface area contributed by atoms with E-state index in [1.807, 2.05) is 0 Å². The number of benzene rings is 1. The van der Waals surface area contributed by atoms with Crippen LogP contribution in [0, 0.1) is 5.92 Å². The summed E-state index contributed by atoms with van der Waals surface area (Å²) in [6.07, 6.45) is 0.509. The highest BCUT2D eigenvalue weighted by atomic mass is 16.4. The average Bonchev–Trinajstić information content (AvgIpc) is 2.53. The van der Waals surface area contributed by atoms with E-state index in [0.717, 1.165) is 0 Å². The van der Waals surface area contributed by atoms with Crippen LogP contribution in [0.2, 0.25) is 0 Å². The number of carbonyl (C=O) groups is 3. The lowest BCUT2D eigenvalue weighted by Crippen LogP contribution is -2.40. The van der Waals surface area contributed by atoms with Crippen LogP contribution in [0.3, 0.4) is 0 Å². The van der Waals surface area contributed by atoms with Gasteiger partial charge in [-0.15, -0.1) is 0 Å². The molecule has 1 aliphatic heterocycles. The molecule has 0 spiro atoms. The molecular weight excluding hydrogens is 300 g/mol. The number of Topliss-reactive ketones (excluding diaryl/α,β-unsaturated/α-hetero) is 1.